The van der Waals surface area contributed by atoms with Crippen LogP contribution >= 0.6 is 0 Å². The van der Waals surface area contributed by atoms with Crippen LogP contribution in [0.3, 0.4) is 0 Å². The zero-order valence-corrected chi connectivity index (χ0v) is 10.6. The second-order valence-electron chi connectivity index (χ2n) is 3.84. The minimum atomic E-state index is -0.231. The molecule has 0 radical (unpaired) electrons. The normalized spacial score (nSPS) is 10.8. The lowest BCUT2D eigenvalue weighted by molar-refractivity contribution is 0.298. The Morgan fingerprint density at radius 3 is 2.76 bits per heavy atom. The number of anilines is 1. The third-order valence-electron chi connectivity index (χ3n) is 2.66. The molecule has 6 heteroatoms. The van der Waals surface area contributed by atoms with Gasteiger partial charge in [-0.15, -0.1) is 10.2 Å². The molecule has 6 nitrogen and oxygen atoms in total. The Bertz CT molecular complexity index is 361. The molecule has 0 saturated carbocycles. The fourth-order valence-electron chi connectivity index (χ4n) is 1.60. The van der Waals surface area contributed by atoms with Crippen LogP contribution in [0.5, 0.6) is 0 Å². The summed E-state index contributed by atoms with van der Waals surface area (Å²) in [4.78, 5) is 15.9. The summed E-state index contributed by atoms with van der Waals surface area (Å²) in [5, 5.41) is 10.4. The summed E-state index contributed by atoms with van der Waals surface area (Å²) in [6.07, 6.45) is 3.35. The minimum Gasteiger partial charge on any atom is -0.354 e. The van der Waals surface area contributed by atoms with E-state index in [0.29, 0.717) is 5.95 Å². The fourth-order valence-corrected chi connectivity index (χ4v) is 1.60. The van der Waals surface area contributed by atoms with Crippen LogP contribution in [0.25, 0.3) is 0 Å². The molecule has 0 bridgehead atoms. The number of hydrogen-bond acceptors (Lipinski definition) is 5. The van der Waals surface area contributed by atoms with Gasteiger partial charge in [-0.3, -0.25) is 9.78 Å². The standard InChI is InChI=1S/C11H21N5O/c1-3-16(4-2)8-6-5-7-12-11-14-10(17)9-13-15-11/h9H,3-8H2,1-2H3,(H2,12,14,15,17). The summed E-state index contributed by atoms with van der Waals surface area (Å²) in [5.74, 6) is 0.445. The monoisotopic (exact) mass is 239 g/mol. The van der Waals surface area contributed by atoms with Crippen LogP contribution in [-0.4, -0.2) is 46.3 Å². The van der Waals surface area contributed by atoms with Crippen molar-refractivity contribution in [3.63, 3.8) is 0 Å². The first-order chi connectivity index (χ1) is 8.26. The third-order valence-corrected chi connectivity index (χ3v) is 2.66. The zero-order valence-electron chi connectivity index (χ0n) is 10.6. The van der Waals surface area contributed by atoms with Crippen molar-refractivity contribution in [3.8, 4) is 0 Å². The number of aromatic amines is 1. The van der Waals surface area contributed by atoms with Crippen molar-refractivity contribution < 1.29 is 0 Å². The molecule has 2 N–H and O–H groups in total. The third kappa shape index (κ3) is 5.44. The number of H-pyrrole nitrogens is 1. The molecule has 17 heavy (non-hydrogen) atoms. The average molecular weight is 239 g/mol. The number of nitrogens with one attached hydrogen (secondary N) is 2. The van der Waals surface area contributed by atoms with E-state index in [0.717, 1.165) is 45.2 Å². The second kappa shape index (κ2) is 7.78. The van der Waals surface area contributed by atoms with Crippen LogP contribution in [-0.2, 0) is 0 Å². The summed E-state index contributed by atoms with van der Waals surface area (Å²) >= 11 is 0. The molecule has 96 valence electrons. The lowest BCUT2D eigenvalue weighted by Gasteiger charge is -2.17. The molecular weight excluding hydrogens is 218 g/mol. The van der Waals surface area contributed by atoms with Gasteiger partial charge in [0.1, 0.15) is 6.20 Å². The van der Waals surface area contributed by atoms with Crippen molar-refractivity contribution >= 4 is 5.95 Å². The average Bonchev–Trinajstić information content (AvgIpc) is 2.34. The quantitative estimate of drug-likeness (QED) is 0.653. The Hall–Kier alpha value is -1.43. The summed E-state index contributed by atoms with van der Waals surface area (Å²) in [6, 6.07) is 0. The highest BCUT2D eigenvalue weighted by atomic mass is 16.1. The Balaban J connectivity index is 2.14. The van der Waals surface area contributed by atoms with E-state index >= 15 is 0 Å². The van der Waals surface area contributed by atoms with Gasteiger partial charge in [-0.1, -0.05) is 13.8 Å². The molecule has 0 atom stereocenters. The van der Waals surface area contributed by atoms with Crippen molar-refractivity contribution in [1.29, 1.82) is 0 Å². The summed E-state index contributed by atoms with van der Waals surface area (Å²) in [6.45, 7) is 8.46. The molecule has 0 aliphatic rings. The first-order valence-corrected chi connectivity index (χ1v) is 6.14. The van der Waals surface area contributed by atoms with E-state index in [9.17, 15) is 4.79 Å². The minimum absolute atomic E-state index is 0.231. The molecule has 0 saturated heterocycles. The van der Waals surface area contributed by atoms with Crippen LogP contribution in [0.2, 0.25) is 0 Å². The van der Waals surface area contributed by atoms with E-state index in [4.69, 9.17) is 0 Å². The molecule has 1 rings (SSSR count). The summed E-state index contributed by atoms with van der Waals surface area (Å²) in [5.41, 5.74) is -0.231. The van der Waals surface area contributed by atoms with Gasteiger partial charge < -0.3 is 10.2 Å². The van der Waals surface area contributed by atoms with Crippen LogP contribution in [0.4, 0.5) is 5.95 Å². The van der Waals surface area contributed by atoms with Crippen LogP contribution < -0.4 is 10.9 Å². The maximum absolute atomic E-state index is 10.9. The zero-order chi connectivity index (χ0) is 12.5. The molecule has 0 aliphatic carbocycles. The topological polar surface area (TPSA) is 73.9 Å². The lowest BCUT2D eigenvalue weighted by Crippen LogP contribution is -2.24. The number of unbranched alkanes of at least 4 members (excludes halogenated alkanes) is 1. The van der Waals surface area contributed by atoms with Crippen molar-refractivity contribution in [1.82, 2.24) is 20.1 Å². The lowest BCUT2D eigenvalue weighted by atomic mass is 10.3. The van der Waals surface area contributed by atoms with Crippen LogP contribution in [0.15, 0.2) is 11.0 Å². The number of hydrogen-bond donors (Lipinski definition) is 2. The maximum Gasteiger partial charge on any atom is 0.271 e. The van der Waals surface area contributed by atoms with E-state index < -0.39 is 0 Å². The van der Waals surface area contributed by atoms with Gasteiger partial charge in [0.05, 0.1) is 0 Å². The predicted molar refractivity (Wildman–Crippen MR) is 68.2 cm³/mol. The SMILES string of the molecule is CCN(CC)CCCCNc1nncc(=O)[nH]1. The van der Waals surface area contributed by atoms with Crippen molar-refractivity contribution in [3.05, 3.63) is 16.6 Å². The van der Waals surface area contributed by atoms with Gasteiger partial charge in [0, 0.05) is 6.54 Å². The van der Waals surface area contributed by atoms with E-state index in [1.54, 1.807) is 0 Å². The van der Waals surface area contributed by atoms with E-state index in [1.807, 2.05) is 0 Å². The molecule has 0 fully saturated rings. The number of rotatable bonds is 8. The molecular formula is C11H21N5O. The summed E-state index contributed by atoms with van der Waals surface area (Å²) in [7, 11) is 0. The molecule has 0 amide bonds. The van der Waals surface area contributed by atoms with Gasteiger partial charge in [0.15, 0.2) is 0 Å². The maximum atomic E-state index is 10.9. The van der Waals surface area contributed by atoms with Crippen LogP contribution in [0, 0.1) is 0 Å². The molecule has 0 aromatic carbocycles. The largest absolute Gasteiger partial charge is 0.354 e. The van der Waals surface area contributed by atoms with Gasteiger partial charge in [0.2, 0.25) is 5.95 Å². The van der Waals surface area contributed by atoms with Crippen molar-refractivity contribution in [2.24, 2.45) is 0 Å². The Morgan fingerprint density at radius 1 is 1.35 bits per heavy atom. The van der Waals surface area contributed by atoms with Gasteiger partial charge in [-0.05, 0) is 32.5 Å². The van der Waals surface area contributed by atoms with Gasteiger partial charge in [-0.2, -0.15) is 0 Å². The van der Waals surface area contributed by atoms with Crippen molar-refractivity contribution in [2.45, 2.75) is 26.7 Å². The summed E-state index contributed by atoms with van der Waals surface area (Å²) < 4.78 is 0. The van der Waals surface area contributed by atoms with Gasteiger partial charge >= 0.3 is 0 Å². The molecule has 0 spiro atoms. The highest BCUT2D eigenvalue weighted by Crippen LogP contribution is 1.96. The molecule has 0 aliphatic heterocycles. The Kier molecular flexibility index (Phi) is 6.24. The number of nitrogens with zero attached hydrogens (tertiary/aromatic N) is 3. The van der Waals surface area contributed by atoms with Crippen molar-refractivity contribution in [2.75, 3.05) is 31.5 Å². The second-order valence-corrected chi connectivity index (χ2v) is 3.84. The van der Waals surface area contributed by atoms with Crippen LogP contribution in [0.1, 0.15) is 26.7 Å². The van der Waals surface area contributed by atoms with Gasteiger partial charge in [-0.25, -0.2) is 0 Å². The predicted octanol–water partition coefficient (Wildman–Crippen LogP) is 0.699. The smallest absolute Gasteiger partial charge is 0.271 e. The highest BCUT2D eigenvalue weighted by Gasteiger charge is 1.98. The Labute approximate surface area is 101 Å². The van der Waals surface area contributed by atoms with E-state index in [-0.39, 0.29) is 5.56 Å². The van der Waals surface area contributed by atoms with Gasteiger partial charge in [0.25, 0.3) is 5.56 Å². The highest BCUT2D eigenvalue weighted by molar-refractivity contribution is 5.19. The first kappa shape index (κ1) is 13.6. The Morgan fingerprint density at radius 2 is 2.12 bits per heavy atom. The molecule has 1 aromatic heterocycles. The number of aromatic nitrogens is 3. The van der Waals surface area contributed by atoms with E-state index in [2.05, 4.69) is 39.2 Å². The molecule has 1 heterocycles. The van der Waals surface area contributed by atoms with E-state index in [1.165, 1.54) is 0 Å². The first-order valence-electron chi connectivity index (χ1n) is 6.14. The molecule has 1 aromatic rings. The molecule has 0 unspecified atom stereocenters. The fraction of sp³-hybridized carbons (Fsp3) is 0.727.